The van der Waals surface area contributed by atoms with Gasteiger partial charge in [-0.05, 0) is 19.4 Å². The van der Waals surface area contributed by atoms with Crippen molar-refractivity contribution in [3.8, 4) is 0 Å². The highest BCUT2D eigenvalue weighted by Gasteiger charge is 2.32. The molecule has 0 fully saturated rings. The van der Waals surface area contributed by atoms with E-state index in [0.29, 0.717) is 18.2 Å². The number of phosphoric ester groups is 1. The molecule has 2 aromatic rings. The molecule has 0 bridgehead atoms. The van der Waals surface area contributed by atoms with Gasteiger partial charge in [0.05, 0.1) is 6.61 Å². The van der Waals surface area contributed by atoms with E-state index in [1.54, 1.807) is 13.1 Å². The van der Waals surface area contributed by atoms with E-state index in [9.17, 15) is 14.0 Å². The lowest BCUT2D eigenvalue weighted by atomic mass is 10.2. The Morgan fingerprint density at radius 2 is 2.00 bits per heavy atom. The van der Waals surface area contributed by atoms with Crippen molar-refractivity contribution in [3.05, 3.63) is 33.4 Å². The molecular formula is C13H20N4O7P2S. The largest absolute Gasteiger partial charge is 0.481 e. The van der Waals surface area contributed by atoms with Crippen LogP contribution in [0.4, 0.5) is 11.5 Å². The first kappa shape index (κ1) is 21.9. The van der Waals surface area contributed by atoms with Crippen LogP contribution in [0.3, 0.4) is 0 Å². The second-order valence-electron chi connectivity index (χ2n) is 5.50. The number of nitrogens with zero attached hydrogens (tertiary/aromatic N) is 2. The normalized spacial score (nSPS) is 14.1. The summed E-state index contributed by atoms with van der Waals surface area (Å²) in [4.78, 5) is 35.4. The highest BCUT2D eigenvalue weighted by molar-refractivity contribution is 7.60. The van der Waals surface area contributed by atoms with Gasteiger partial charge in [0.15, 0.2) is 0 Å². The quantitative estimate of drug-likeness (QED) is 0.362. The molecule has 1 atom stereocenters. The maximum absolute atomic E-state index is 11.4. The molecule has 0 radical (unpaired) electrons. The minimum atomic E-state index is -5.12. The van der Waals surface area contributed by atoms with E-state index in [4.69, 9.17) is 15.5 Å². The number of thiophene rings is 1. The van der Waals surface area contributed by atoms with Crippen molar-refractivity contribution in [3.63, 3.8) is 0 Å². The maximum Gasteiger partial charge on any atom is 0.481 e. The van der Waals surface area contributed by atoms with Crippen LogP contribution in [0.5, 0.6) is 0 Å². The average Bonchev–Trinajstić information content (AvgIpc) is 2.85. The summed E-state index contributed by atoms with van der Waals surface area (Å²) >= 11 is 1.41. The fraction of sp³-hybridized carbons (Fsp3) is 0.385. The molecule has 6 N–H and O–H groups in total. The molecule has 2 heterocycles. The number of nitrogens with two attached hydrogens (primary N) is 1. The summed E-state index contributed by atoms with van der Waals surface area (Å²) in [6.07, 6.45) is 1.92. The van der Waals surface area contributed by atoms with E-state index in [1.165, 1.54) is 11.3 Å². The smallest absolute Gasteiger partial charge is 0.383 e. The number of nitrogens with one attached hydrogen (secondary N) is 1. The lowest BCUT2D eigenvalue weighted by Gasteiger charge is -2.12. The Balaban J connectivity index is 1.91. The summed E-state index contributed by atoms with van der Waals surface area (Å²) in [5.74, 6) is 0.995. The second kappa shape index (κ2) is 8.76. The number of rotatable bonds is 9. The van der Waals surface area contributed by atoms with Crippen LogP contribution in [0.2, 0.25) is 0 Å². The number of hydrogen-bond acceptors (Lipinski definition) is 9. The molecular weight excluding hydrogens is 418 g/mol. The molecule has 1 unspecified atom stereocenters. The minimum Gasteiger partial charge on any atom is -0.383 e. The zero-order valence-electron chi connectivity index (χ0n) is 14.5. The third kappa shape index (κ3) is 6.95. The van der Waals surface area contributed by atoms with E-state index < -0.39 is 15.6 Å². The maximum atomic E-state index is 11.4. The van der Waals surface area contributed by atoms with E-state index in [0.717, 1.165) is 21.7 Å². The SMILES string of the molecule is Cc1ncc(CNc2csc(CCOP(=O)(O)OP(=O)(O)O)c2C)c(N)n1. The van der Waals surface area contributed by atoms with Gasteiger partial charge in [0.25, 0.3) is 0 Å². The van der Waals surface area contributed by atoms with Crippen molar-refractivity contribution < 1.29 is 32.6 Å². The van der Waals surface area contributed by atoms with Gasteiger partial charge in [-0.1, -0.05) is 0 Å². The number of phosphoric acid groups is 2. The second-order valence-corrected chi connectivity index (χ2v) is 9.30. The molecule has 150 valence electrons. The predicted molar refractivity (Wildman–Crippen MR) is 100 cm³/mol. The Morgan fingerprint density at radius 1 is 1.30 bits per heavy atom. The molecule has 0 aliphatic carbocycles. The highest BCUT2D eigenvalue weighted by Crippen LogP contribution is 2.57. The minimum absolute atomic E-state index is 0.243. The number of aromatic nitrogens is 2. The van der Waals surface area contributed by atoms with E-state index >= 15 is 0 Å². The molecule has 0 saturated heterocycles. The van der Waals surface area contributed by atoms with E-state index in [-0.39, 0.29) is 13.0 Å². The lowest BCUT2D eigenvalue weighted by Crippen LogP contribution is -2.07. The Kier molecular flexibility index (Phi) is 7.12. The lowest BCUT2D eigenvalue weighted by molar-refractivity contribution is 0.180. The van der Waals surface area contributed by atoms with Crippen LogP contribution < -0.4 is 11.1 Å². The number of aryl methyl sites for hydroxylation is 1. The summed E-state index contributed by atoms with van der Waals surface area (Å²) < 4.78 is 30.3. The van der Waals surface area contributed by atoms with Crippen LogP contribution in [-0.4, -0.2) is 31.3 Å². The Hall–Kier alpha value is -1.36. The summed E-state index contributed by atoms with van der Waals surface area (Å²) in [6, 6.07) is 0. The molecule has 11 nitrogen and oxygen atoms in total. The Bertz CT molecular complexity index is 901. The summed E-state index contributed by atoms with van der Waals surface area (Å²) in [5, 5.41) is 5.10. The van der Waals surface area contributed by atoms with Gasteiger partial charge in [0, 0.05) is 40.7 Å². The van der Waals surface area contributed by atoms with E-state index in [2.05, 4.69) is 24.1 Å². The Labute approximate surface area is 159 Å². The summed E-state index contributed by atoms with van der Waals surface area (Å²) in [5.41, 5.74) is 8.38. The van der Waals surface area contributed by atoms with Crippen LogP contribution in [0.1, 0.15) is 21.8 Å². The third-order valence-electron chi connectivity index (χ3n) is 3.42. The number of nitrogen functional groups attached to an aromatic ring is 1. The molecule has 0 saturated carbocycles. The fourth-order valence-electron chi connectivity index (χ4n) is 2.13. The van der Waals surface area contributed by atoms with Crippen molar-refractivity contribution >= 4 is 38.5 Å². The molecule has 0 aromatic carbocycles. The zero-order valence-corrected chi connectivity index (χ0v) is 17.1. The van der Waals surface area contributed by atoms with Crippen LogP contribution in [0, 0.1) is 13.8 Å². The van der Waals surface area contributed by atoms with Crippen molar-refractivity contribution in [1.29, 1.82) is 0 Å². The monoisotopic (exact) mass is 438 g/mol. The summed E-state index contributed by atoms with van der Waals surface area (Å²) in [7, 11) is -9.94. The first-order valence-electron chi connectivity index (χ1n) is 7.60. The van der Waals surface area contributed by atoms with Crippen LogP contribution in [-0.2, 0) is 30.9 Å². The van der Waals surface area contributed by atoms with Crippen LogP contribution >= 0.6 is 27.0 Å². The van der Waals surface area contributed by atoms with Crippen molar-refractivity contribution in [2.24, 2.45) is 0 Å². The van der Waals surface area contributed by atoms with Gasteiger partial charge in [-0.15, -0.1) is 11.3 Å². The number of hydrogen-bond donors (Lipinski definition) is 5. The zero-order chi connectivity index (χ0) is 20.2. The molecule has 14 heteroatoms. The van der Waals surface area contributed by atoms with Crippen molar-refractivity contribution in [1.82, 2.24) is 9.97 Å². The fourth-order valence-corrected chi connectivity index (χ4v) is 4.72. The molecule has 2 aromatic heterocycles. The molecule has 27 heavy (non-hydrogen) atoms. The van der Waals surface area contributed by atoms with Crippen molar-refractivity contribution in [2.75, 3.05) is 17.7 Å². The van der Waals surface area contributed by atoms with Gasteiger partial charge < -0.3 is 25.7 Å². The highest BCUT2D eigenvalue weighted by atomic mass is 32.1. The summed E-state index contributed by atoms with van der Waals surface area (Å²) in [6.45, 7) is 3.81. The topological polar surface area (TPSA) is 177 Å². The molecule has 0 amide bonds. The van der Waals surface area contributed by atoms with Crippen molar-refractivity contribution in [2.45, 2.75) is 26.8 Å². The first-order valence-corrected chi connectivity index (χ1v) is 11.5. The standard InChI is InChI=1S/C13H20N4O7P2S/c1-8-11(16-6-10-5-15-9(2)17-13(10)14)7-27-12(8)3-4-23-26(21,22)24-25(18,19)20/h5,7,16H,3-4,6H2,1-2H3,(H,21,22)(H2,14,15,17)(H2,18,19,20). The Morgan fingerprint density at radius 3 is 2.63 bits per heavy atom. The van der Waals surface area contributed by atoms with Gasteiger partial charge in [0.1, 0.15) is 11.6 Å². The average molecular weight is 438 g/mol. The predicted octanol–water partition coefficient (Wildman–Crippen LogP) is 2.12. The van der Waals surface area contributed by atoms with Gasteiger partial charge in [-0.25, -0.2) is 19.1 Å². The third-order valence-corrected chi connectivity index (χ3v) is 6.76. The van der Waals surface area contributed by atoms with Gasteiger partial charge in [-0.3, -0.25) is 4.52 Å². The molecule has 0 aliphatic heterocycles. The van der Waals surface area contributed by atoms with Gasteiger partial charge >= 0.3 is 15.6 Å². The first-order chi connectivity index (χ1) is 12.5. The molecule has 0 aliphatic rings. The van der Waals surface area contributed by atoms with Gasteiger partial charge in [0.2, 0.25) is 0 Å². The molecule has 2 rings (SSSR count). The van der Waals surface area contributed by atoms with Gasteiger partial charge in [-0.2, -0.15) is 4.31 Å². The van der Waals surface area contributed by atoms with E-state index in [1.807, 2.05) is 12.3 Å². The van der Waals surface area contributed by atoms with Crippen LogP contribution in [0.25, 0.3) is 0 Å². The van der Waals surface area contributed by atoms with Crippen LogP contribution in [0.15, 0.2) is 11.6 Å². The number of anilines is 2. The molecule has 0 spiro atoms.